The highest BCUT2D eigenvalue weighted by Crippen LogP contribution is 1.90. The minimum Gasteiger partial charge on any atom is -0.106 e. The average Bonchev–Trinajstić information content (AvgIpc) is 2.43. The highest BCUT2D eigenvalue weighted by molar-refractivity contribution is 5.17. The van der Waals surface area contributed by atoms with Crippen LogP contribution in [0.25, 0.3) is 0 Å². The third-order valence-electron chi connectivity index (χ3n) is 1.48. The fourth-order valence-corrected chi connectivity index (χ4v) is 0.372. The largest absolute Gasteiger partial charge is 0.106 e. The fourth-order valence-electron chi connectivity index (χ4n) is 0.372. The summed E-state index contributed by atoms with van der Waals surface area (Å²) >= 11 is 0. The topological polar surface area (TPSA) is 0 Å². The van der Waals surface area contributed by atoms with Crippen molar-refractivity contribution in [1.82, 2.24) is 0 Å². The van der Waals surface area contributed by atoms with Gasteiger partial charge in [0.15, 0.2) is 0 Å². The maximum absolute atomic E-state index is 3.56. The lowest BCUT2D eigenvalue weighted by atomic mass is 10.3. The summed E-state index contributed by atoms with van der Waals surface area (Å²) in [6.07, 6.45) is 9.30. The summed E-state index contributed by atoms with van der Waals surface area (Å²) in [7, 11) is 0. The van der Waals surface area contributed by atoms with Crippen LogP contribution in [0.3, 0.4) is 0 Å². The van der Waals surface area contributed by atoms with Gasteiger partial charge in [0, 0.05) is 0 Å². The first-order valence-electron chi connectivity index (χ1n) is 5.79. The summed E-state index contributed by atoms with van der Waals surface area (Å²) in [6, 6.07) is 0. The molecule has 0 aliphatic heterocycles. The molecule has 0 spiro atoms. The van der Waals surface area contributed by atoms with Gasteiger partial charge in [0.05, 0.1) is 0 Å². The number of hydrogen-bond acceptors (Lipinski definition) is 0. The van der Waals surface area contributed by atoms with E-state index >= 15 is 0 Å². The molecule has 0 radical (unpaired) electrons. The Kier molecular flexibility index (Phi) is 42.4. The monoisotopic (exact) mass is 234 g/mol. The van der Waals surface area contributed by atoms with Gasteiger partial charge in [-0.15, -0.1) is 13.2 Å². The van der Waals surface area contributed by atoms with E-state index in [1.165, 1.54) is 5.57 Å². The van der Waals surface area contributed by atoms with E-state index in [4.69, 9.17) is 0 Å². The van der Waals surface area contributed by atoms with Gasteiger partial charge in [-0.05, 0) is 20.8 Å². The molecule has 0 saturated carbocycles. The second-order valence-electron chi connectivity index (χ2n) is 2.59. The Labute approximate surface area is 109 Å². The van der Waals surface area contributed by atoms with Crippen molar-refractivity contribution in [3.63, 3.8) is 0 Å². The summed E-state index contributed by atoms with van der Waals surface area (Å²) in [5.74, 6) is 0. The predicted octanol–water partition coefficient (Wildman–Crippen LogP) is 6.27. The van der Waals surface area contributed by atoms with Crippen LogP contribution in [0.15, 0.2) is 74.4 Å². The van der Waals surface area contributed by atoms with Crippen LogP contribution in [-0.2, 0) is 0 Å². The van der Waals surface area contributed by atoms with E-state index in [1.54, 1.807) is 12.2 Å². The van der Waals surface area contributed by atoms with Crippen LogP contribution in [0.2, 0.25) is 0 Å². The summed E-state index contributed by atoms with van der Waals surface area (Å²) in [4.78, 5) is 0. The van der Waals surface area contributed by atoms with Crippen LogP contribution in [0, 0.1) is 0 Å². The molecule has 0 bridgehead atoms. The van der Waals surface area contributed by atoms with Gasteiger partial charge in [-0.25, -0.2) is 0 Å². The molecule has 0 aromatic heterocycles. The van der Waals surface area contributed by atoms with E-state index in [0.29, 0.717) is 0 Å². The minimum absolute atomic E-state index is 1.15. The second-order valence-corrected chi connectivity index (χ2v) is 2.59. The molecule has 0 saturated heterocycles. The molecule has 0 aliphatic rings. The molecule has 0 aliphatic carbocycles. The lowest BCUT2D eigenvalue weighted by molar-refractivity contribution is 1.49. The third kappa shape index (κ3) is 40.4. The Morgan fingerprint density at radius 2 is 1.18 bits per heavy atom. The van der Waals surface area contributed by atoms with E-state index in [0.717, 1.165) is 5.57 Å². The summed E-state index contributed by atoms with van der Waals surface area (Å²) < 4.78 is 0. The van der Waals surface area contributed by atoms with Gasteiger partial charge in [-0.3, -0.25) is 0 Å². The van der Waals surface area contributed by atoms with Crippen molar-refractivity contribution in [1.29, 1.82) is 0 Å². The second kappa shape index (κ2) is 29.3. The predicted molar refractivity (Wildman–Crippen MR) is 86.4 cm³/mol. The third-order valence-corrected chi connectivity index (χ3v) is 1.48. The highest BCUT2D eigenvalue weighted by atomic mass is 13.8. The first kappa shape index (κ1) is 24.6. The SMILES string of the molecule is C=C.C=C/C(C)=C\C.C=C/C=C(/C)C=C.CC. The molecule has 0 rings (SSSR count). The highest BCUT2D eigenvalue weighted by Gasteiger charge is 1.69. The van der Waals surface area contributed by atoms with Crippen molar-refractivity contribution < 1.29 is 0 Å². The van der Waals surface area contributed by atoms with Gasteiger partial charge in [0.25, 0.3) is 0 Å². The maximum atomic E-state index is 3.56. The maximum Gasteiger partial charge on any atom is -0.0398 e. The van der Waals surface area contributed by atoms with Crippen molar-refractivity contribution in [3.05, 3.63) is 74.4 Å². The van der Waals surface area contributed by atoms with Crippen LogP contribution in [-0.4, -0.2) is 0 Å². The number of hydrogen-bond donors (Lipinski definition) is 0. The van der Waals surface area contributed by atoms with Gasteiger partial charge in [0.2, 0.25) is 0 Å². The minimum atomic E-state index is 1.15. The van der Waals surface area contributed by atoms with Gasteiger partial charge >= 0.3 is 0 Å². The summed E-state index contributed by atoms with van der Waals surface area (Å²) in [5.41, 5.74) is 2.38. The van der Waals surface area contributed by atoms with Crippen LogP contribution < -0.4 is 0 Å². The van der Waals surface area contributed by atoms with E-state index < -0.39 is 0 Å². The normalized spacial score (nSPS) is 9.00. The molecule has 98 valence electrons. The summed E-state index contributed by atoms with van der Waals surface area (Å²) in [5, 5.41) is 0. The van der Waals surface area contributed by atoms with Crippen molar-refractivity contribution in [2.24, 2.45) is 0 Å². The molecular formula is C17H30. The van der Waals surface area contributed by atoms with Crippen molar-refractivity contribution in [2.45, 2.75) is 34.6 Å². The Hall–Kier alpha value is -1.56. The smallest absolute Gasteiger partial charge is 0.0398 e. The van der Waals surface area contributed by atoms with Gasteiger partial charge in [-0.2, -0.15) is 0 Å². The molecule has 0 nitrogen and oxygen atoms in total. The van der Waals surface area contributed by atoms with Crippen molar-refractivity contribution >= 4 is 0 Å². The van der Waals surface area contributed by atoms with Gasteiger partial charge in [-0.1, -0.05) is 75.1 Å². The molecule has 0 fully saturated rings. The molecule has 0 N–H and O–H groups in total. The van der Waals surface area contributed by atoms with E-state index in [2.05, 4.69) is 32.9 Å². The van der Waals surface area contributed by atoms with Crippen molar-refractivity contribution in [3.8, 4) is 0 Å². The fraction of sp³-hybridized carbons (Fsp3) is 0.294. The molecule has 0 heterocycles. The van der Waals surface area contributed by atoms with Crippen LogP contribution in [0.4, 0.5) is 0 Å². The van der Waals surface area contributed by atoms with Crippen molar-refractivity contribution in [2.75, 3.05) is 0 Å². The van der Waals surface area contributed by atoms with Crippen LogP contribution in [0.1, 0.15) is 34.6 Å². The Balaban J connectivity index is -0.0000000772. The first-order valence-corrected chi connectivity index (χ1v) is 5.79. The number of allylic oxidation sites excluding steroid dienone is 7. The van der Waals surface area contributed by atoms with Crippen LogP contribution in [0.5, 0.6) is 0 Å². The molecule has 0 atom stereocenters. The Morgan fingerprint density at radius 1 is 0.824 bits per heavy atom. The molecular weight excluding hydrogens is 204 g/mol. The van der Waals surface area contributed by atoms with Crippen LogP contribution >= 0.6 is 0 Å². The lowest BCUT2D eigenvalue weighted by Gasteiger charge is -1.80. The zero-order chi connectivity index (χ0) is 14.7. The Morgan fingerprint density at radius 3 is 1.24 bits per heavy atom. The van der Waals surface area contributed by atoms with E-state index in [1.807, 2.05) is 52.8 Å². The molecule has 0 aromatic rings. The first-order chi connectivity index (χ1) is 8.12. The standard InChI is InChI=1S/C7H10.C6H10.C2H6.C2H4/c1-4-6-7(3)5-2;1-4-6(3)5-2;2*1-2/h4-6H,1-2H2,3H3;4-5H,1H2,2-3H3;1-2H3;1-2H2/b7-6-;6-5-;;. The lowest BCUT2D eigenvalue weighted by Crippen LogP contribution is -1.58. The van der Waals surface area contributed by atoms with Gasteiger partial charge in [0.1, 0.15) is 0 Å². The quantitative estimate of drug-likeness (QED) is 0.398. The van der Waals surface area contributed by atoms with E-state index in [-0.39, 0.29) is 0 Å². The average molecular weight is 234 g/mol. The number of rotatable bonds is 3. The summed E-state index contributed by atoms with van der Waals surface area (Å²) in [6.45, 7) is 26.6. The molecule has 0 aromatic carbocycles. The zero-order valence-corrected chi connectivity index (χ0v) is 12.4. The molecule has 0 unspecified atom stereocenters. The van der Waals surface area contributed by atoms with Gasteiger partial charge < -0.3 is 0 Å². The zero-order valence-electron chi connectivity index (χ0n) is 12.4. The molecule has 0 amide bonds. The Bertz CT molecular complexity index is 226. The molecule has 0 heteroatoms. The molecule has 17 heavy (non-hydrogen) atoms. The van der Waals surface area contributed by atoms with E-state index in [9.17, 15) is 0 Å².